The molecule has 2 aromatic carbocycles. The van der Waals surface area contributed by atoms with Crippen LogP contribution in [0.4, 0.5) is 5.13 Å². The molecule has 70 heavy (non-hydrogen) atoms. The molecule has 0 saturated carbocycles. The molecule has 6 N–H and O–H groups in total. The Bertz CT molecular complexity index is 2730. The number of hydrogen-bond acceptors (Lipinski definition) is 13. The molecule has 3 aromatic heterocycles. The van der Waals surface area contributed by atoms with E-state index in [1.165, 1.54) is 34.7 Å². The average molecular weight is 1020 g/mol. The summed E-state index contributed by atoms with van der Waals surface area (Å²) in [7, 11) is -3.63. The number of anilines is 1. The smallest absolute Gasteiger partial charge is 0.253 e. The van der Waals surface area contributed by atoms with Gasteiger partial charge in [0.05, 0.1) is 39.7 Å². The van der Waals surface area contributed by atoms with Crippen molar-refractivity contribution < 1.29 is 42.3 Å². The highest BCUT2D eigenvalue weighted by Gasteiger charge is 2.44. The Kier molecular flexibility index (Phi) is 18.2. The molecule has 4 atom stereocenters. The van der Waals surface area contributed by atoms with Crippen molar-refractivity contribution in [3.8, 4) is 21.7 Å². The normalized spacial score (nSPS) is 15.7. The summed E-state index contributed by atoms with van der Waals surface area (Å²) in [6.07, 6.45) is 4.71. The zero-order valence-electron chi connectivity index (χ0n) is 39.9. The third kappa shape index (κ3) is 14.9. The van der Waals surface area contributed by atoms with Crippen LogP contribution in [0.1, 0.15) is 93.8 Å². The Morgan fingerprint density at radius 2 is 1.59 bits per heavy atom. The van der Waals surface area contributed by atoms with Gasteiger partial charge in [0, 0.05) is 62.2 Å². The number of aromatic nitrogens is 3. The number of likely N-dealkylation sites (tertiary alicyclic amines) is 1. The molecule has 18 nitrogen and oxygen atoms in total. The van der Waals surface area contributed by atoms with E-state index in [1.54, 1.807) is 16.8 Å². The fraction of sp³-hybridized carbons (Fsp3) is 0.429. The summed E-state index contributed by atoms with van der Waals surface area (Å²) in [5.74, 6) is -2.60. The number of nitrogens with zero attached hydrogens (tertiary/aromatic N) is 4. The zero-order chi connectivity index (χ0) is 50.6. The van der Waals surface area contributed by atoms with Crippen LogP contribution in [0.25, 0.3) is 21.7 Å². The van der Waals surface area contributed by atoms with E-state index in [-0.39, 0.29) is 56.2 Å². The van der Waals surface area contributed by atoms with Crippen LogP contribution < -0.4 is 26.6 Å². The number of amides is 6. The van der Waals surface area contributed by atoms with Gasteiger partial charge in [-0.1, -0.05) is 75.4 Å². The van der Waals surface area contributed by atoms with Gasteiger partial charge in [-0.05, 0) is 61.6 Å². The lowest BCUT2D eigenvalue weighted by molar-refractivity contribution is -0.144. The van der Waals surface area contributed by atoms with E-state index in [2.05, 4.69) is 36.6 Å². The minimum atomic E-state index is -3.63. The molecule has 21 heteroatoms. The van der Waals surface area contributed by atoms with Crippen molar-refractivity contribution in [3.63, 3.8) is 0 Å². The quantitative estimate of drug-likeness (QED) is 0.0489. The van der Waals surface area contributed by atoms with E-state index in [9.17, 15) is 42.3 Å². The lowest BCUT2D eigenvalue weighted by atomic mass is 9.85. The molecular formula is C49H61N9O9S3. The Morgan fingerprint density at radius 3 is 2.24 bits per heavy atom. The van der Waals surface area contributed by atoms with E-state index in [4.69, 9.17) is 0 Å². The summed E-state index contributed by atoms with van der Waals surface area (Å²) < 4.78 is 24.9. The number of thiazole rings is 2. The second-order valence-electron chi connectivity index (χ2n) is 18.4. The second-order valence-corrected chi connectivity index (χ2v) is 22.0. The SMILES string of the molecule is Cc1ncsc1-c1ccc(CNC(=O)[C@@H]2C[C@@H](O)CN2C(=O)[C@@H](NC(=O)CCCCC(=O)NCCCC[C@H](NC(=O)c2ccn(S(C)(=O)=O)c2)C(=O)Nc2nc(-c3ccccc3)cs2)C(C)(C)C)cc1. The fourth-order valence-corrected chi connectivity index (χ4v) is 9.99. The standard InChI is InChI=1S/C49H61N9O9S3/c1-31-42(69-30-52-31)34-20-18-32(19-21-34)26-51-46(64)39-25-36(59)28-58(39)47(65)43(49(2,3)4)55-41(61)17-10-9-16-40(60)50-23-12-11-15-37(53-44(62)35-22-24-57(27-35)70(5,66)67)45(63)56-48-54-38(29-68-48)33-13-7-6-8-14-33/h6-8,13-14,18-22,24,27,29-30,36-37,39,43,59H,9-12,15-17,23,25-26,28H2,1-5H3,(H,50,60)(H,51,64)(H,53,62)(H,55,61)(H,54,56,63)/t36-,37+,39+,43-/m1/s1. The maximum absolute atomic E-state index is 14.0. The highest BCUT2D eigenvalue weighted by molar-refractivity contribution is 7.89. The first-order chi connectivity index (χ1) is 33.3. The van der Waals surface area contributed by atoms with Crippen LogP contribution in [0.2, 0.25) is 0 Å². The molecule has 4 heterocycles. The topological polar surface area (TPSA) is 251 Å². The predicted molar refractivity (Wildman–Crippen MR) is 269 cm³/mol. The lowest BCUT2D eigenvalue weighted by Gasteiger charge is -2.35. The first kappa shape index (κ1) is 53.1. The number of hydrogen-bond donors (Lipinski definition) is 6. The Balaban J connectivity index is 0.927. The van der Waals surface area contributed by atoms with E-state index >= 15 is 0 Å². The van der Waals surface area contributed by atoms with E-state index in [0.717, 1.165) is 37.5 Å². The number of nitrogens with one attached hydrogen (secondary N) is 5. The van der Waals surface area contributed by atoms with Gasteiger partial charge < -0.3 is 36.6 Å². The van der Waals surface area contributed by atoms with Gasteiger partial charge in [0.15, 0.2) is 5.13 Å². The summed E-state index contributed by atoms with van der Waals surface area (Å²) in [5, 5.41) is 26.9. The summed E-state index contributed by atoms with van der Waals surface area (Å²) >= 11 is 2.79. The summed E-state index contributed by atoms with van der Waals surface area (Å²) in [6.45, 7) is 7.88. The molecule has 0 bridgehead atoms. The molecule has 0 unspecified atom stereocenters. The monoisotopic (exact) mass is 1020 g/mol. The van der Waals surface area contributed by atoms with Crippen molar-refractivity contribution in [1.82, 2.24) is 40.1 Å². The van der Waals surface area contributed by atoms with Crippen molar-refractivity contribution in [3.05, 3.63) is 101 Å². The third-order valence-electron chi connectivity index (χ3n) is 11.7. The molecule has 0 radical (unpaired) electrons. The minimum absolute atomic E-state index is 0.0440. The van der Waals surface area contributed by atoms with E-state index < -0.39 is 63.3 Å². The first-order valence-corrected chi connectivity index (χ1v) is 26.7. The molecule has 1 fully saturated rings. The highest BCUT2D eigenvalue weighted by atomic mass is 32.2. The Labute approximate surface area is 416 Å². The lowest BCUT2D eigenvalue weighted by Crippen LogP contribution is -2.57. The number of aliphatic hydroxyl groups is 1. The van der Waals surface area contributed by atoms with Gasteiger partial charge >= 0.3 is 0 Å². The van der Waals surface area contributed by atoms with Gasteiger partial charge in [0.25, 0.3) is 5.91 Å². The van der Waals surface area contributed by atoms with Crippen molar-refractivity contribution >= 4 is 73.3 Å². The number of aliphatic hydroxyl groups excluding tert-OH is 1. The first-order valence-electron chi connectivity index (χ1n) is 23.1. The fourth-order valence-electron chi connectivity index (χ4n) is 7.87. The molecule has 0 spiro atoms. The minimum Gasteiger partial charge on any atom is -0.391 e. The van der Waals surface area contributed by atoms with Gasteiger partial charge in [-0.3, -0.25) is 32.7 Å². The van der Waals surface area contributed by atoms with E-state index in [1.807, 2.05) is 87.7 Å². The summed E-state index contributed by atoms with van der Waals surface area (Å²) in [4.78, 5) is 91.4. The number of benzene rings is 2. The predicted octanol–water partition coefficient (Wildman–Crippen LogP) is 5.24. The highest BCUT2D eigenvalue weighted by Crippen LogP contribution is 2.29. The Morgan fingerprint density at radius 1 is 0.871 bits per heavy atom. The molecule has 6 amide bonds. The molecule has 0 aliphatic carbocycles. The number of β-amino-alcohol motifs (C(OH)–C–C–N with tert-alkyl or cyclic N) is 1. The molecule has 5 aromatic rings. The van der Waals surface area contributed by atoms with Gasteiger partial charge in [-0.15, -0.1) is 22.7 Å². The number of aryl methyl sites for hydroxylation is 1. The van der Waals surface area contributed by atoms with Crippen LogP contribution in [0.3, 0.4) is 0 Å². The van der Waals surface area contributed by atoms with Gasteiger partial charge in [-0.2, -0.15) is 0 Å². The largest absolute Gasteiger partial charge is 0.391 e. The maximum atomic E-state index is 14.0. The molecule has 374 valence electrons. The van der Waals surface area contributed by atoms with Crippen LogP contribution in [-0.2, 0) is 40.5 Å². The average Bonchev–Trinajstić information content (AvgIpc) is 4.16. The maximum Gasteiger partial charge on any atom is 0.253 e. The van der Waals surface area contributed by atoms with Gasteiger partial charge in [0.1, 0.15) is 18.1 Å². The zero-order valence-corrected chi connectivity index (χ0v) is 42.3. The number of rotatable bonds is 22. The molecule has 6 rings (SSSR count). The Hall–Kier alpha value is -6.29. The molecule has 1 aliphatic heterocycles. The number of unbranched alkanes of at least 4 members (excludes halogenated alkanes) is 2. The molecule has 1 saturated heterocycles. The van der Waals surface area contributed by atoms with Crippen molar-refractivity contribution in [2.24, 2.45) is 5.41 Å². The van der Waals surface area contributed by atoms with Crippen LogP contribution in [0.15, 0.2) is 83.9 Å². The van der Waals surface area contributed by atoms with Crippen LogP contribution in [0.5, 0.6) is 0 Å². The van der Waals surface area contributed by atoms with Crippen LogP contribution in [0, 0.1) is 12.3 Å². The molecule has 1 aliphatic rings. The van der Waals surface area contributed by atoms with Crippen molar-refractivity contribution in [2.75, 3.05) is 24.7 Å². The van der Waals surface area contributed by atoms with Gasteiger partial charge in [0.2, 0.25) is 39.6 Å². The number of carbonyl (C=O) groups excluding carboxylic acids is 6. The van der Waals surface area contributed by atoms with Crippen molar-refractivity contribution in [1.29, 1.82) is 0 Å². The van der Waals surface area contributed by atoms with Crippen molar-refractivity contribution in [2.45, 2.75) is 110 Å². The number of carbonyl (C=O) groups is 6. The van der Waals surface area contributed by atoms with Gasteiger partial charge in [-0.25, -0.2) is 18.4 Å². The summed E-state index contributed by atoms with van der Waals surface area (Å²) in [5.41, 5.74) is 5.54. The van der Waals surface area contributed by atoms with Crippen LogP contribution >= 0.6 is 22.7 Å². The second kappa shape index (κ2) is 24.0. The van der Waals surface area contributed by atoms with Crippen LogP contribution in [-0.4, -0.2) is 111 Å². The van der Waals surface area contributed by atoms with E-state index in [0.29, 0.717) is 43.1 Å². The molecular weight excluding hydrogens is 955 g/mol. The summed E-state index contributed by atoms with van der Waals surface area (Å²) in [6, 6.07) is 15.7. The third-order valence-corrected chi connectivity index (χ3v) is 14.5.